The minimum atomic E-state index is -0.608. The van der Waals surface area contributed by atoms with E-state index in [9.17, 15) is 9.50 Å². The average molecular weight is 379 g/mol. The predicted molar refractivity (Wildman–Crippen MR) is 107 cm³/mol. The number of hydrogen-bond acceptors (Lipinski definition) is 1. The minimum absolute atomic E-state index is 0.216. The zero-order valence-electron chi connectivity index (χ0n) is 16.9. The van der Waals surface area contributed by atoms with Crippen LogP contribution < -0.4 is 0 Å². The second kappa shape index (κ2) is 9.49. The summed E-state index contributed by atoms with van der Waals surface area (Å²) >= 11 is 0. The zero-order valence-corrected chi connectivity index (χ0v) is 16.9. The predicted octanol–water partition coefficient (Wildman–Crippen LogP) is 6.70. The number of aliphatic hydroxyl groups is 1. The third-order valence-electron chi connectivity index (χ3n) is 7.39. The second-order valence-electron chi connectivity index (χ2n) is 8.97. The fourth-order valence-electron chi connectivity index (χ4n) is 5.66. The first-order valence-corrected chi connectivity index (χ1v) is 11.2. The van der Waals surface area contributed by atoms with E-state index in [4.69, 9.17) is 0 Å². The largest absolute Gasteiger partial charge is 0.396 e. The lowest BCUT2D eigenvalue weighted by atomic mass is 9.57. The van der Waals surface area contributed by atoms with Gasteiger partial charge in [0, 0.05) is 12.0 Å². The van der Waals surface area contributed by atoms with Crippen molar-refractivity contribution in [3.8, 4) is 0 Å². The van der Waals surface area contributed by atoms with Crippen molar-refractivity contribution in [2.75, 3.05) is 6.61 Å². The average Bonchev–Trinajstić information content (AvgIpc) is 2.72. The zero-order chi connectivity index (χ0) is 19.3. The summed E-state index contributed by atoms with van der Waals surface area (Å²) in [6, 6.07) is 3.76. The highest BCUT2D eigenvalue weighted by atomic mass is 19.2. The van der Waals surface area contributed by atoms with E-state index in [2.05, 4.69) is 6.92 Å². The summed E-state index contributed by atoms with van der Waals surface area (Å²) < 4.78 is 30.2. The number of unbranched alkanes of at least 4 members (excludes halogenated alkanes) is 2. The summed E-state index contributed by atoms with van der Waals surface area (Å²) in [6.45, 7) is 2.34. The Morgan fingerprint density at radius 1 is 0.963 bits per heavy atom. The summed E-state index contributed by atoms with van der Waals surface area (Å²) in [6.07, 6.45) is 13.2. The van der Waals surface area contributed by atoms with Crippen molar-refractivity contribution in [1.29, 1.82) is 0 Å². The third kappa shape index (κ3) is 4.39. The van der Waals surface area contributed by atoms with Gasteiger partial charge in [0.05, 0.1) is 0 Å². The number of aliphatic hydroxyl groups excluding tert-OH is 1. The van der Waals surface area contributed by atoms with Crippen LogP contribution in [0.15, 0.2) is 12.1 Å². The van der Waals surface area contributed by atoms with Crippen molar-refractivity contribution in [3.05, 3.63) is 34.9 Å². The third-order valence-corrected chi connectivity index (χ3v) is 7.39. The van der Waals surface area contributed by atoms with E-state index in [1.165, 1.54) is 19.3 Å². The minimum Gasteiger partial charge on any atom is -0.396 e. The van der Waals surface area contributed by atoms with E-state index in [1.807, 2.05) is 12.1 Å². The number of rotatable bonds is 7. The van der Waals surface area contributed by atoms with Crippen molar-refractivity contribution in [1.82, 2.24) is 0 Å². The first-order valence-electron chi connectivity index (χ1n) is 11.2. The molecule has 0 bridgehead atoms. The van der Waals surface area contributed by atoms with Crippen LogP contribution in [-0.4, -0.2) is 11.7 Å². The molecule has 2 aliphatic rings. The lowest BCUT2D eigenvalue weighted by molar-refractivity contribution is 0.0937. The molecule has 3 rings (SSSR count). The number of hydrogen-bond donors (Lipinski definition) is 1. The van der Waals surface area contributed by atoms with Crippen molar-refractivity contribution in [2.45, 2.75) is 95.8 Å². The first kappa shape index (κ1) is 20.8. The van der Waals surface area contributed by atoms with Gasteiger partial charge in [-0.25, -0.2) is 8.78 Å². The molecule has 0 aliphatic heterocycles. The lowest BCUT2D eigenvalue weighted by Gasteiger charge is -2.47. The summed E-state index contributed by atoms with van der Waals surface area (Å²) in [5.74, 6) is -0.422. The number of halogens is 2. The fourth-order valence-corrected chi connectivity index (χ4v) is 5.66. The maximum absolute atomic E-state index is 15.3. The maximum Gasteiger partial charge on any atom is 0.162 e. The Bertz CT molecular complexity index is 599. The van der Waals surface area contributed by atoms with Crippen LogP contribution in [0.1, 0.15) is 95.1 Å². The molecular weight excluding hydrogens is 342 g/mol. The first-order chi connectivity index (χ1) is 13.1. The van der Waals surface area contributed by atoms with Gasteiger partial charge in [0.2, 0.25) is 0 Å². The van der Waals surface area contributed by atoms with E-state index in [0.29, 0.717) is 29.4 Å². The molecule has 0 unspecified atom stereocenters. The smallest absolute Gasteiger partial charge is 0.162 e. The van der Waals surface area contributed by atoms with E-state index in [-0.39, 0.29) is 12.0 Å². The molecule has 0 amide bonds. The highest BCUT2D eigenvalue weighted by Gasteiger charge is 2.45. The Hall–Kier alpha value is -0.960. The molecule has 0 spiro atoms. The van der Waals surface area contributed by atoms with Crippen molar-refractivity contribution in [3.63, 3.8) is 0 Å². The van der Waals surface area contributed by atoms with Gasteiger partial charge in [-0.3, -0.25) is 0 Å². The number of aryl methyl sites for hydroxylation is 1. The monoisotopic (exact) mass is 378 g/mol. The van der Waals surface area contributed by atoms with Crippen LogP contribution in [0, 0.1) is 23.5 Å². The standard InChI is InChI=1S/C24H36F2O/c1-2-3-5-8-19-11-12-21(23(26)22(19)25)24(20-9-6-4-7-10-20)15-13-18(17-27)14-16-24/h11-12,18,20,27H,2-10,13-17H2,1H3. The van der Waals surface area contributed by atoms with Gasteiger partial charge < -0.3 is 5.11 Å². The molecule has 0 aromatic heterocycles. The van der Waals surface area contributed by atoms with Gasteiger partial charge in [-0.15, -0.1) is 0 Å². The van der Waals surface area contributed by atoms with Crippen LogP contribution in [-0.2, 0) is 11.8 Å². The summed E-state index contributed by atoms with van der Waals surface area (Å²) in [7, 11) is 0. The molecule has 152 valence electrons. The van der Waals surface area contributed by atoms with Gasteiger partial charge in [-0.1, -0.05) is 51.2 Å². The van der Waals surface area contributed by atoms with E-state index < -0.39 is 11.6 Å². The molecule has 0 heterocycles. The van der Waals surface area contributed by atoms with Crippen LogP contribution >= 0.6 is 0 Å². The van der Waals surface area contributed by atoms with Crippen LogP contribution in [0.2, 0.25) is 0 Å². The van der Waals surface area contributed by atoms with Gasteiger partial charge in [0.25, 0.3) is 0 Å². The molecule has 0 saturated heterocycles. The lowest BCUT2D eigenvalue weighted by Crippen LogP contribution is -2.41. The molecule has 27 heavy (non-hydrogen) atoms. The van der Waals surface area contributed by atoms with Crippen LogP contribution in [0.25, 0.3) is 0 Å². The molecule has 2 fully saturated rings. The molecule has 1 aromatic carbocycles. The fraction of sp³-hybridized carbons (Fsp3) is 0.750. The Morgan fingerprint density at radius 3 is 2.30 bits per heavy atom. The normalized spacial score (nSPS) is 27.0. The Morgan fingerprint density at radius 2 is 1.67 bits per heavy atom. The van der Waals surface area contributed by atoms with Crippen molar-refractivity contribution < 1.29 is 13.9 Å². The van der Waals surface area contributed by atoms with Crippen molar-refractivity contribution in [2.24, 2.45) is 11.8 Å². The molecule has 3 heteroatoms. The van der Waals surface area contributed by atoms with E-state index in [0.717, 1.165) is 57.8 Å². The van der Waals surface area contributed by atoms with Gasteiger partial charge in [0.1, 0.15) is 0 Å². The molecule has 0 radical (unpaired) electrons. The Balaban J connectivity index is 1.91. The molecule has 2 saturated carbocycles. The summed E-state index contributed by atoms with van der Waals surface area (Å²) in [4.78, 5) is 0. The number of benzene rings is 1. The molecular formula is C24H36F2O. The van der Waals surface area contributed by atoms with Gasteiger partial charge >= 0.3 is 0 Å². The van der Waals surface area contributed by atoms with E-state index in [1.54, 1.807) is 0 Å². The summed E-state index contributed by atoms with van der Waals surface area (Å²) in [5.41, 5.74) is 0.925. The van der Waals surface area contributed by atoms with E-state index >= 15 is 4.39 Å². The summed E-state index contributed by atoms with van der Waals surface area (Å²) in [5, 5.41) is 9.55. The van der Waals surface area contributed by atoms with Crippen LogP contribution in [0.4, 0.5) is 8.78 Å². The highest BCUT2D eigenvalue weighted by molar-refractivity contribution is 5.34. The van der Waals surface area contributed by atoms with Crippen LogP contribution in [0.5, 0.6) is 0 Å². The molecule has 2 aliphatic carbocycles. The quantitative estimate of drug-likeness (QED) is 0.524. The van der Waals surface area contributed by atoms with Gasteiger partial charge in [0.15, 0.2) is 11.6 Å². The van der Waals surface area contributed by atoms with Crippen LogP contribution in [0.3, 0.4) is 0 Å². The Kier molecular flexibility index (Phi) is 7.30. The van der Waals surface area contributed by atoms with Gasteiger partial charge in [-0.05, 0) is 74.3 Å². The molecule has 0 atom stereocenters. The molecule has 1 nitrogen and oxygen atoms in total. The van der Waals surface area contributed by atoms with Gasteiger partial charge in [-0.2, -0.15) is 0 Å². The van der Waals surface area contributed by atoms with Crippen molar-refractivity contribution >= 4 is 0 Å². The maximum atomic E-state index is 15.3. The molecule has 1 N–H and O–H groups in total. The molecule has 1 aromatic rings. The Labute approximate surface area is 163 Å². The second-order valence-corrected chi connectivity index (χ2v) is 8.97. The SMILES string of the molecule is CCCCCc1ccc(C2(C3CCCCC3)CCC(CO)CC2)c(F)c1F. The highest BCUT2D eigenvalue weighted by Crippen LogP contribution is 2.52. The topological polar surface area (TPSA) is 20.2 Å².